The minimum atomic E-state index is -0.915. The van der Waals surface area contributed by atoms with Crippen LogP contribution in [0.2, 0.25) is 5.02 Å². The van der Waals surface area contributed by atoms with Gasteiger partial charge in [-0.25, -0.2) is 0 Å². The molecule has 104 valence electrons. The van der Waals surface area contributed by atoms with Gasteiger partial charge in [0.15, 0.2) is 0 Å². The third-order valence-corrected chi connectivity index (χ3v) is 3.51. The van der Waals surface area contributed by atoms with Crippen molar-refractivity contribution in [2.24, 2.45) is 0 Å². The van der Waals surface area contributed by atoms with Crippen molar-refractivity contribution in [2.75, 3.05) is 6.54 Å². The summed E-state index contributed by atoms with van der Waals surface area (Å²) in [5.41, 5.74) is 1.24. The van der Waals surface area contributed by atoms with E-state index in [4.69, 9.17) is 16.7 Å². The van der Waals surface area contributed by atoms with Crippen molar-refractivity contribution in [2.45, 2.75) is 33.2 Å². The van der Waals surface area contributed by atoms with E-state index >= 15 is 0 Å². The zero-order valence-corrected chi connectivity index (χ0v) is 12.1. The van der Waals surface area contributed by atoms with Gasteiger partial charge < -0.3 is 10.0 Å². The molecule has 0 fully saturated rings. The van der Waals surface area contributed by atoms with Gasteiger partial charge >= 0.3 is 5.97 Å². The molecule has 0 aliphatic heterocycles. The number of carbonyl (C=O) groups is 2. The maximum absolute atomic E-state index is 12.4. The van der Waals surface area contributed by atoms with Crippen molar-refractivity contribution in [1.82, 2.24) is 4.90 Å². The Kier molecular flexibility index (Phi) is 5.36. The molecule has 0 aliphatic rings. The second-order valence-corrected chi connectivity index (χ2v) is 4.86. The van der Waals surface area contributed by atoms with E-state index in [2.05, 4.69) is 0 Å². The van der Waals surface area contributed by atoms with Crippen LogP contribution in [0.4, 0.5) is 0 Å². The Balaban J connectivity index is 3.02. The van der Waals surface area contributed by atoms with E-state index in [0.29, 0.717) is 17.1 Å². The molecule has 0 spiro atoms. The Labute approximate surface area is 118 Å². The van der Waals surface area contributed by atoms with Gasteiger partial charge in [0.05, 0.1) is 6.42 Å². The van der Waals surface area contributed by atoms with Crippen molar-refractivity contribution in [1.29, 1.82) is 0 Å². The Morgan fingerprint density at radius 3 is 2.58 bits per heavy atom. The van der Waals surface area contributed by atoms with E-state index in [9.17, 15) is 9.59 Å². The van der Waals surface area contributed by atoms with Crippen LogP contribution in [0.25, 0.3) is 0 Å². The van der Waals surface area contributed by atoms with Gasteiger partial charge in [-0.3, -0.25) is 9.59 Å². The minimum Gasteiger partial charge on any atom is -0.481 e. The van der Waals surface area contributed by atoms with Crippen LogP contribution in [-0.2, 0) is 4.79 Å². The van der Waals surface area contributed by atoms with Crippen molar-refractivity contribution in [3.63, 3.8) is 0 Å². The summed E-state index contributed by atoms with van der Waals surface area (Å²) in [6, 6.07) is 4.80. The highest BCUT2D eigenvalue weighted by atomic mass is 35.5. The van der Waals surface area contributed by atoms with Gasteiger partial charge in [-0.1, -0.05) is 17.7 Å². The maximum Gasteiger partial charge on any atom is 0.305 e. The third kappa shape index (κ3) is 3.70. The molecule has 0 heterocycles. The summed E-state index contributed by atoms with van der Waals surface area (Å²) in [4.78, 5) is 24.7. The fourth-order valence-electron chi connectivity index (χ4n) is 2.01. The largest absolute Gasteiger partial charge is 0.481 e. The first kappa shape index (κ1) is 15.5. The predicted octanol–water partition coefficient (Wildman–Crippen LogP) is 2.97. The van der Waals surface area contributed by atoms with E-state index in [-0.39, 0.29) is 18.4 Å². The monoisotopic (exact) mass is 283 g/mol. The van der Waals surface area contributed by atoms with E-state index < -0.39 is 5.97 Å². The zero-order chi connectivity index (χ0) is 14.6. The second-order valence-electron chi connectivity index (χ2n) is 4.45. The van der Waals surface area contributed by atoms with Gasteiger partial charge in [-0.15, -0.1) is 0 Å². The summed E-state index contributed by atoms with van der Waals surface area (Å²) >= 11 is 6.00. The van der Waals surface area contributed by atoms with Crippen LogP contribution in [0.15, 0.2) is 18.2 Å². The first-order valence-corrected chi connectivity index (χ1v) is 6.54. The summed E-state index contributed by atoms with van der Waals surface area (Å²) < 4.78 is 0. The molecule has 1 aromatic rings. The van der Waals surface area contributed by atoms with Crippen molar-refractivity contribution in [3.05, 3.63) is 34.3 Å². The van der Waals surface area contributed by atoms with Gasteiger partial charge in [-0.05, 0) is 38.5 Å². The SMILES string of the molecule is CCN(C(=O)c1cccc(Cl)c1C)C(C)CC(=O)O. The molecule has 0 radical (unpaired) electrons. The number of benzene rings is 1. The molecular formula is C14H18ClNO3. The number of halogens is 1. The number of rotatable bonds is 5. The number of carbonyl (C=O) groups excluding carboxylic acids is 1. The average molecular weight is 284 g/mol. The molecule has 1 unspecified atom stereocenters. The predicted molar refractivity (Wildman–Crippen MR) is 74.6 cm³/mol. The number of hydrogen-bond donors (Lipinski definition) is 1. The normalized spacial score (nSPS) is 12.0. The quantitative estimate of drug-likeness (QED) is 0.904. The number of aliphatic carboxylic acids is 1. The molecule has 0 aliphatic carbocycles. The van der Waals surface area contributed by atoms with Crippen molar-refractivity contribution < 1.29 is 14.7 Å². The Hall–Kier alpha value is -1.55. The van der Waals surface area contributed by atoms with E-state index in [1.165, 1.54) is 0 Å². The maximum atomic E-state index is 12.4. The lowest BCUT2D eigenvalue weighted by atomic mass is 10.1. The van der Waals surface area contributed by atoms with Gasteiger partial charge in [0.2, 0.25) is 0 Å². The summed E-state index contributed by atoms with van der Waals surface area (Å²) in [7, 11) is 0. The van der Waals surface area contributed by atoms with Gasteiger partial charge in [0, 0.05) is 23.2 Å². The van der Waals surface area contributed by atoms with Gasteiger partial charge in [0.25, 0.3) is 5.91 Å². The second kappa shape index (κ2) is 6.57. The van der Waals surface area contributed by atoms with Crippen molar-refractivity contribution in [3.8, 4) is 0 Å². The van der Waals surface area contributed by atoms with Crippen LogP contribution in [0.1, 0.15) is 36.2 Å². The number of carboxylic acids is 1. The van der Waals surface area contributed by atoms with Crippen LogP contribution >= 0.6 is 11.6 Å². The Morgan fingerprint density at radius 1 is 1.42 bits per heavy atom. The van der Waals surface area contributed by atoms with Crippen LogP contribution in [0.3, 0.4) is 0 Å². The fourth-order valence-corrected chi connectivity index (χ4v) is 2.19. The number of hydrogen-bond acceptors (Lipinski definition) is 2. The standard InChI is InChI=1S/C14H18ClNO3/c1-4-16(9(2)8-13(17)18)14(19)11-6-5-7-12(15)10(11)3/h5-7,9H,4,8H2,1-3H3,(H,17,18). The average Bonchev–Trinajstić information content (AvgIpc) is 2.32. The summed E-state index contributed by atoms with van der Waals surface area (Å²) in [5, 5.41) is 9.36. The Morgan fingerprint density at radius 2 is 2.05 bits per heavy atom. The fraction of sp³-hybridized carbons (Fsp3) is 0.429. The van der Waals surface area contributed by atoms with Crippen molar-refractivity contribution >= 4 is 23.5 Å². The Bertz CT molecular complexity index is 488. The van der Waals surface area contributed by atoms with Gasteiger partial charge in [0.1, 0.15) is 0 Å². The molecule has 0 bridgehead atoms. The lowest BCUT2D eigenvalue weighted by Crippen LogP contribution is -2.40. The minimum absolute atomic E-state index is 0.0702. The molecule has 1 amide bonds. The van der Waals surface area contributed by atoms with E-state index in [0.717, 1.165) is 5.56 Å². The smallest absolute Gasteiger partial charge is 0.305 e. The van der Waals surface area contributed by atoms with Crippen LogP contribution in [0, 0.1) is 6.92 Å². The molecule has 0 aromatic heterocycles. The lowest BCUT2D eigenvalue weighted by molar-refractivity contribution is -0.138. The molecule has 1 rings (SSSR count). The molecule has 4 nitrogen and oxygen atoms in total. The van der Waals surface area contributed by atoms with Crippen LogP contribution in [0.5, 0.6) is 0 Å². The highest BCUT2D eigenvalue weighted by molar-refractivity contribution is 6.31. The summed E-state index contributed by atoms with van der Waals surface area (Å²) in [6.07, 6.45) is -0.0702. The molecule has 19 heavy (non-hydrogen) atoms. The topological polar surface area (TPSA) is 57.6 Å². The first-order valence-electron chi connectivity index (χ1n) is 6.16. The molecule has 1 aromatic carbocycles. The first-order chi connectivity index (χ1) is 8.88. The highest BCUT2D eigenvalue weighted by Gasteiger charge is 2.23. The van der Waals surface area contributed by atoms with E-state index in [1.807, 2.05) is 6.92 Å². The van der Waals surface area contributed by atoms with Gasteiger partial charge in [-0.2, -0.15) is 0 Å². The zero-order valence-electron chi connectivity index (χ0n) is 11.3. The molecular weight excluding hydrogens is 266 g/mol. The molecule has 1 atom stereocenters. The van der Waals surface area contributed by atoms with Crippen LogP contribution < -0.4 is 0 Å². The van der Waals surface area contributed by atoms with Crippen LogP contribution in [-0.4, -0.2) is 34.5 Å². The highest BCUT2D eigenvalue weighted by Crippen LogP contribution is 2.21. The molecule has 0 saturated heterocycles. The lowest BCUT2D eigenvalue weighted by Gasteiger charge is -2.27. The van der Waals surface area contributed by atoms with E-state index in [1.54, 1.807) is 36.9 Å². The molecule has 5 heteroatoms. The molecule has 1 N–H and O–H groups in total. The molecule has 0 saturated carbocycles. The number of carboxylic acid groups (broad SMARTS) is 1. The summed E-state index contributed by atoms with van der Waals surface area (Å²) in [6.45, 7) is 5.80. The third-order valence-electron chi connectivity index (χ3n) is 3.10. The summed E-state index contributed by atoms with van der Waals surface area (Å²) in [5.74, 6) is -1.10. The number of nitrogens with zero attached hydrogens (tertiary/aromatic N) is 1. The number of amides is 1.